The van der Waals surface area contributed by atoms with Crippen molar-refractivity contribution in [2.45, 2.75) is 76.0 Å². The van der Waals surface area contributed by atoms with Gasteiger partial charge in [-0.25, -0.2) is 18.6 Å². The molecule has 0 saturated carbocycles. The number of hydrogen-bond acceptors (Lipinski definition) is 10. The molecule has 0 bridgehead atoms. The molecule has 2 atom stereocenters. The lowest BCUT2D eigenvalue weighted by molar-refractivity contribution is -0.136. The number of carbonyl (C=O) groups excluding carboxylic acids is 3. The van der Waals surface area contributed by atoms with Gasteiger partial charge < -0.3 is 20.3 Å². The fourth-order valence-corrected chi connectivity index (χ4v) is 9.16. The summed E-state index contributed by atoms with van der Waals surface area (Å²) < 4.78 is 41.4. The number of imide groups is 1. The van der Waals surface area contributed by atoms with Crippen LogP contribution in [0.2, 0.25) is 0 Å². The van der Waals surface area contributed by atoms with Crippen molar-refractivity contribution >= 4 is 45.5 Å². The number of halogens is 2. The first-order valence-corrected chi connectivity index (χ1v) is 21.8. The van der Waals surface area contributed by atoms with Crippen LogP contribution < -0.4 is 21.6 Å². The van der Waals surface area contributed by atoms with Crippen LogP contribution in [-0.4, -0.2) is 96.9 Å². The smallest absolute Gasteiger partial charge is 0.329 e. The third-order valence-corrected chi connectivity index (χ3v) is 12.6. The third kappa shape index (κ3) is 8.71. The molecule has 6 heterocycles. The first-order valence-electron chi connectivity index (χ1n) is 21.8. The maximum absolute atomic E-state index is 15.4. The molecule has 3 N–H and O–H groups in total. The Morgan fingerprint density at radius 2 is 1.78 bits per heavy atom. The molecule has 3 aliphatic heterocycles. The van der Waals surface area contributed by atoms with E-state index in [0.29, 0.717) is 78.1 Å². The number of morpholine rings is 1. The van der Waals surface area contributed by atoms with Gasteiger partial charge in [0, 0.05) is 81.9 Å². The maximum atomic E-state index is 15.4. The molecule has 3 amide bonds. The van der Waals surface area contributed by atoms with Gasteiger partial charge in [-0.2, -0.15) is 5.10 Å². The molecule has 328 valence electrons. The number of anilines is 1. The maximum Gasteiger partial charge on any atom is 0.329 e. The van der Waals surface area contributed by atoms with Gasteiger partial charge in [-0.05, 0) is 68.0 Å². The van der Waals surface area contributed by atoms with Crippen LogP contribution in [0, 0.1) is 11.6 Å². The van der Waals surface area contributed by atoms with Crippen molar-refractivity contribution < 1.29 is 27.9 Å². The van der Waals surface area contributed by atoms with Crippen molar-refractivity contribution in [2.75, 3.05) is 44.6 Å². The Kier molecular flexibility index (Phi) is 12.1. The molecule has 3 aliphatic rings. The summed E-state index contributed by atoms with van der Waals surface area (Å²) in [6.07, 6.45) is 10.1. The Morgan fingerprint density at radius 1 is 0.968 bits per heavy atom. The number of unbranched alkanes of at least 4 members (excludes halogenated alkanes) is 2. The Hall–Kier alpha value is -6.33. The first-order chi connectivity index (χ1) is 30.6. The minimum Gasteiger partial charge on any atom is -0.383 e. The molecule has 0 aliphatic carbocycles. The predicted molar refractivity (Wildman–Crippen MR) is 233 cm³/mol. The largest absolute Gasteiger partial charge is 0.383 e. The third-order valence-electron chi connectivity index (χ3n) is 12.6. The molecule has 63 heavy (non-hydrogen) atoms. The molecule has 3 aromatic carbocycles. The quantitative estimate of drug-likeness (QED) is 0.101. The number of imidazole rings is 1. The average molecular weight is 861 g/mol. The van der Waals surface area contributed by atoms with Crippen LogP contribution in [-0.2, 0) is 32.6 Å². The number of rotatable bonds is 13. The fourth-order valence-electron chi connectivity index (χ4n) is 9.16. The summed E-state index contributed by atoms with van der Waals surface area (Å²) in [7, 11) is 1.68. The average Bonchev–Trinajstić information content (AvgIpc) is 3.89. The molecule has 9 rings (SSSR count). The topological polar surface area (TPSA) is 170 Å². The van der Waals surface area contributed by atoms with Gasteiger partial charge in [0.1, 0.15) is 17.7 Å². The highest BCUT2D eigenvalue weighted by Gasteiger charge is 2.32. The summed E-state index contributed by atoms with van der Waals surface area (Å²) in [6, 6.07) is 13.1. The van der Waals surface area contributed by atoms with Gasteiger partial charge in [0.15, 0.2) is 0 Å². The van der Waals surface area contributed by atoms with Crippen molar-refractivity contribution in [3.05, 3.63) is 94.8 Å². The lowest BCUT2D eigenvalue weighted by Crippen LogP contribution is -2.44. The molecule has 17 heteroatoms. The van der Waals surface area contributed by atoms with Gasteiger partial charge in [-0.1, -0.05) is 24.6 Å². The molecule has 0 radical (unpaired) electrons. The van der Waals surface area contributed by atoms with Gasteiger partial charge in [0.25, 0.3) is 0 Å². The number of fused-ring (bicyclic) bond motifs is 2. The lowest BCUT2D eigenvalue weighted by Gasteiger charge is -2.32. The summed E-state index contributed by atoms with van der Waals surface area (Å²) in [5, 5.41) is 13.6. The number of hydrogen-bond donors (Lipinski definition) is 3. The second kappa shape index (κ2) is 18.2. The first kappa shape index (κ1) is 42.0. The predicted octanol–water partition coefficient (Wildman–Crippen LogP) is 5.44. The number of nitrogens with zero attached hydrogens (tertiary/aromatic N) is 7. The highest BCUT2D eigenvalue weighted by atomic mass is 19.1. The van der Waals surface area contributed by atoms with Crippen LogP contribution in [0.4, 0.5) is 14.5 Å². The van der Waals surface area contributed by atoms with Gasteiger partial charge in [0.2, 0.25) is 17.7 Å². The molecular formula is C46H50F2N10O5. The number of aromatic nitrogens is 6. The zero-order chi connectivity index (χ0) is 43.6. The van der Waals surface area contributed by atoms with Crippen molar-refractivity contribution in [1.29, 1.82) is 0 Å². The highest BCUT2D eigenvalue weighted by Crippen LogP contribution is 2.33. The molecule has 3 fully saturated rings. The summed E-state index contributed by atoms with van der Waals surface area (Å²) >= 11 is 0. The van der Waals surface area contributed by atoms with Gasteiger partial charge >= 0.3 is 5.69 Å². The minimum absolute atomic E-state index is 0.00804. The van der Waals surface area contributed by atoms with Gasteiger partial charge in [-0.3, -0.25) is 38.5 Å². The van der Waals surface area contributed by atoms with Crippen molar-refractivity contribution in [1.82, 2.24) is 44.4 Å². The van der Waals surface area contributed by atoms with Gasteiger partial charge in [-0.15, -0.1) is 0 Å². The van der Waals surface area contributed by atoms with Crippen LogP contribution in [0.1, 0.15) is 69.0 Å². The van der Waals surface area contributed by atoms with E-state index < -0.39 is 23.6 Å². The number of carbonyl (C=O) groups is 3. The second-order valence-electron chi connectivity index (χ2n) is 16.7. The number of ether oxygens (including phenoxy) is 1. The van der Waals surface area contributed by atoms with E-state index in [4.69, 9.17) is 9.72 Å². The van der Waals surface area contributed by atoms with Crippen LogP contribution in [0.3, 0.4) is 0 Å². The SMILES string of the molecule is Cn1c(=O)n(C2CCC(=O)NC2=O)c2cccc(NCCCCCC(=O)N3CCC(n4cc(-c5cnc6cccc(-c7cc(F)c(CC8CNCCO8)c(F)c7)c6n5)cn4)CC3)c21. The van der Waals surface area contributed by atoms with Crippen LogP contribution in [0.15, 0.2) is 71.9 Å². The molecule has 6 aromatic rings. The van der Waals surface area contributed by atoms with Crippen LogP contribution in [0.5, 0.6) is 0 Å². The van der Waals surface area contributed by atoms with E-state index in [1.54, 1.807) is 31.6 Å². The van der Waals surface area contributed by atoms with E-state index in [-0.39, 0.29) is 54.5 Å². The Morgan fingerprint density at radius 3 is 2.56 bits per heavy atom. The normalized spacial score (nSPS) is 18.6. The van der Waals surface area contributed by atoms with E-state index in [2.05, 4.69) is 26.0 Å². The molecule has 3 saturated heterocycles. The number of piperidine rings is 2. The zero-order valence-corrected chi connectivity index (χ0v) is 35.1. The van der Waals surface area contributed by atoms with Crippen LogP contribution in [0.25, 0.3) is 44.5 Å². The lowest BCUT2D eigenvalue weighted by atomic mass is 9.98. The number of nitrogens with one attached hydrogen (secondary N) is 3. The number of likely N-dealkylation sites (tertiary alicyclic amines) is 1. The monoisotopic (exact) mass is 860 g/mol. The van der Waals surface area contributed by atoms with E-state index in [0.717, 1.165) is 49.9 Å². The Labute approximate surface area is 361 Å². The Bertz CT molecular complexity index is 2730. The van der Waals surface area contributed by atoms with Crippen LogP contribution >= 0.6 is 0 Å². The fraction of sp³-hybridized carbons (Fsp3) is 0.413. The number of para-hydroxylation sites is 2. The van der Waals surface area contributed by atoms with Crippen molar-refractivity contribution in [3.63, 3.8) is 0 Å². The molecule has 0 spiro atoms. The van der Waals surface area contributed by atoms with E-state index in [9.17, 15) is 19.2 Å². The summed E-state index contributed by atoms with van der Waals surface area (Å²) in [6.45, 7) is 3.70. The second-order valence-corrected chi connectivity index (χ2v) is 16.7. The molecule has 15 nitrogen and oxygen atoms in total. The van der Waals surface area contributed by atoms with E-state index >= 15 is 8.78 Å². The summed E-state index contributed by atoms with van der Waals surface area (Å²) in [4.78, 5) is 62.2. The Balaban J connectivity index is 0.762. The summed E-state index contributed by atoms with van der Waals surface area (Å²) in [5.74, 6) is -1.89. The molecular weight excluding hydrogens is 811 g/mol. The zero-order valence-electron chi connectivity index (χ0n) is 35.1. The highest BCUT2D eigenvalue weighted by molar-refractivity contribution is 6.00. The number of benzene rings is 3. The molecule has 3 aromatic heterocycles. The van der Waals surface area contributed by atoms with E-state index in [1.165, 1.54) is 21.3 Å². The van der Waals surface area contributed by atoms with Crippen molar-refractivity contribution in [2.24, 2.45) is 7.05 Å². The van der Waals surface area contributed by atoms with Gasteiger partial charge in [0.05, 0.1) is 64.6 Å². The minimum atomic E-state index is -0.742. The van der Waals surface area contributed by atoms with Crippen molar-refractivity contribution in [3.8, 4) is 22.4 Å². The number of amides is 3. The number of aryl methyl sites for hydroxylation is 1. The standard InChI is InChI=1S/C46H50F2N10O5/c1-55-44-37(9-6-10-39(44)58(46(55)62)40-12-13-41(59)54-45(40)61)50-16-4-2-3-11-42(60)56-18-14-30(15-19-56)57-27-29(24-52-57)38-26-51-36-8-5-7-32(43(36)53-38)28-21-34(47)33(35(48)22-28)23-31-25-49-17-20-63-31/h5-10,21-22,24,26-27,30-31,40,49-50H,2-4,11-20,23,25H2,1H3,(H,54,59,61). The molecule has 2 unspecified atom stereocenters. The summed E-state index contributed by atoms with van der Waals surface area (Å²) in [5.41, 5.74) is 5.26. The van der Waals surface area contributed by atoms with E-state index in [1.807, 2.05) is 40.0 Å².